The van der Waals surface area contributed by atoms with Gasteiger partial charge >= 0.3 is 0 Å². The predicted molar refractivity (Wildman–Crippen MR) is 96.4 cm³/mol. The second-order valence-corrected chi connectivity index (χ2v) is 6.87. The Balaban J connectivity index is 1.63. The molecule has 0 aliphatic carbocycles. The van der Waals surface area contributed by atoms with Gasteiger partial charge in [-0.25, -0.2) is 25.0 Å². The minimum Gasteiger partial charge on any atom is -0.249 e. The maximum Gasteiger partial charge on any atom is 0.191 e. The lowest BCUT2D eigenvalue weighted by Gasteiger charge is -2.21. The van der Waals surface area contributed by atoms with E-state index in [9.17, 15) is 0 Å². The highest BCUT2D eigenvalue weighted by Crippen LogP contribution is 2.30. The van der Waals surface area contributed by atoms with Gasteiger partial charge in [0.2, 0.25) is 0 Å². The largest absolute Gasteiger partial charge is 0.249 e. The van der Waals surface area contributed by atoms with Crippen LogP contribution in [-0.4, -0.2) is 4.98 Å². The number of para-hydroxylation sites is 4. The average molecular weight is 339 g/mol. The predicted octanol–water partition coefficient (Wildman–Crippen LogP) is 1.33. The molecule has 0 amide bonds. The van der Waals surface area contributed by atoms with Crippen LogP contribution < -0.4 is 21.4 Å². The van der Waals surface area contributed by atoms with Gasteiger partial charge in [0, 0.05) is 0 Å². The average Bonchev–Trinajstić information content (AvgIpc) is 3.19. The van der Waals surface area contributed by atoms with Gasteiger partial charge in [0.15, 0.2) is 11.3 Å². The minimum atomic E-state index is -0.721. The van der Waals surface area contributed by atoms with E-state index >= 15 is 0 Å². The summed E-state index contributed by atoms with van der Waals surface area (Å²) < 4.78 is 0. The molecule has 0 bridgehead atoms. The molecule has 0 N–H and O–H groups in total. The summed E-state index contributed by atoms with van der Waals surface area (Å²) in [5.74, 6) is 0. The van der Waals surface area contributed by atoms with Crippen LogP contribution >= 0.6 is 0 Å². The van der Waals surface area contributed by atoms with E-state index in [-0.39, 0.29) is 0 Å². The van der Waals surface area contributed by atoms with Crippen molar-refractivity contribution in [3.8, 4) is 0 Å². The smallest absolute Gasteiger partial charge is 0.191 e. The third-order valence-corrected chi connectivity index (χ3v) is 4.84. The first kappa shape index (κ1) is 15.1. The van der Waals surface area contributed by atoms with Crippen LogP contribution in [0.4, 0.5) is 0 Å². The van der Waals surface area contributed by atoms with Crippen molar-refractivity contribution in [3.63, 3.8) is 0 Å². The van der Waals surface area contributed by atoms with Crippen molar-refractivity contribution in [1.82, 2.24) is 4.98 Å². The first-order valence-electron chi connectivity index (χ1n) is 8.63. The van der Waals surface area contributed by atoms with Gasteiger partial charge in [-0.15, -0.1) is 0 Å². The molecule has 2 aliphatic rings. The Bertz CT molecular complexity index is 1110. The van der Waals surface area contributed by atoms with Crippen molar-refractivity contribution in [2.75, 3.05) is 0 Å². The highest BCUT2D eigenvalue weighted by Gasteiger charge is 2.33. The Kier molecular flexibility index (Phi) is 2.98. The fourth-order valence-electron chi connectivity index (χ4n) is 3.49. The lowest BCUT2D eigenvalue weighted by atomic mass is 10.1. The van der Waals surface area contributed by atoms with E-state index in [1.54, 1.807) is 0 Å². The normalized spacial score (nSPS) is 17.9. The topological polar surface area (TPSA) is 62.3 Å². The third kappa shape index (κ3) is 2.20. The molecule has 3 aromatic rings. The second kappa shape index (κ2) is 5.14. The monoisotopic (exact) mass is 339 g/mol. The Hall–Kier alpha value is -3.21. The summed E-state index contributed by atoms with van der Waals surface area (Å²) in [6, 6.07) is 21.7. The Labute approximate surface area is 150 Å². The SMILES string of the molecule is CC1(c2cccc(C3(C)N=c4ccccc4=N3)n2)N=c2ccccc2=N1. The maximum absolute atomic E-state index is 4.87. The molecule has 3 heterocycles. The zero-order chi connectivity index (χ0) is 17.8. The molecule has 126 valence electrons. The van der Waals surface area contributed by atoms with Crippen LogP contribution in [0.2, 0.25) is 0 Å². The first-order valence-corrected chi connectivity index (χ1v) is 8.63. The van der Waals surface area contributed by atoms with E-state index in [0.717, 1.165) is 32.8 Å². The molecule has 1 aromatic heterocycles. The number of aromatic nitrogens is 1. The number of rotatable bonds is 2. The van der Waals surface area contributed by atoms with Gasteiger partial charge in [-0.2, -0.15) is 0 Å². The van der Waals surface area contributed by atoms with Crippen molar-refractivity contribution in [2.45, 2.75) is 25.2 Å². The number of benzene rings is 2. The Morgan fingerprint density at radius 2 is 0.846 bits per heavy atom. The Morgan fingerprint density at radius 3 is 1.19 bits per heavy atom. The molecule has 2 aromatic carbocycles. The number of nitrogens with zero attached hydrogens (tertiary/aromatic N) is 5. The van der Waals surface area contributed by atoms with Crippen molar-refractivity contribution >= 4 is 0 Å². The van der Waals surface area contributed by atoms with Crippen molar-refractivity contribution in [2.24, 2.45) is 20.0 Å². The zero-order valence-electron chi connectivity index (χ0n) is 14.6. The standard InChI is InChI=1S/C21H17N5/c1-20(23-14-8-3-4-9-15(14)24-20)18-12-7-13-19(22-18)21(2)25-16-10-5-6-11-17(16)26-21/h3-13H,1-2H3. The number of fused-ring (bicyclic) bond motifs is 2. The van der Waals surface area contributed by atoms with E-state index in [2.05, 4.69) is 0 Å². The van der Waals surface area contributed by atoms with Crippen molar-refractivity contribution < 1.29 is 0 Å². The summed E-state index contributed by atoms with van der Waals surface area (Å²) in [7, 11) is 0. The van der Waals surface area contributed by atoms with Crippen LogP contribution in [-0.2, 0) is 11.3 Å². The second-order valence-electron chi connectivity index (χ2n) is 6.87. The molecule has 5 rings (SSSR count). The van der Waals surface area contributed by atoms with Crippen molar-refractivity contribution in [3.05, 3.63) is 99.5 Å². The molecule has 5 nitrogen and oxygen atoms in total. The van der Waals surface area contributed by atoms with Gasteiger partial charge < -0.3 is 0 Å². The van der Waals surface area contributed by atoms with E-state index in [4.69, 9.17) is 25.0 Å². The van der Waals surface area contributed by atoms with Gasteiger partial charge in [-0.3, -0.25) is 0 Å². The summed E-state index contributed by atoms with van der Waals surface area (Å²) in [5.41, 5.74) is 0.158. The fraction of sp³-hybridized carbons (Fsp3) is 0.190. The number of pyridine rings is 1. The molecule has 2 aliphatic heterocycles. The van der Waals surface area contributed by atoms with Crippen LogP contribution in [0, 0.1) is 0 Å². The van der Waals surface area contributed by atoms with E-state index < -0.39 is 11.3 Å². The minimum absolute atomic E-state index is 0.721. The van der Waals surface area contributed by atoms with Crippen LogP contribution in [0.1, 0.15) is 25.2 Å². The van der Waals surface area contributed by atoms with E-state index in [0.29, 0.717) is 0 Å². The quantitative estimate of drug-likeness (QED) is 0.695. The molecule has 0 spiro atoms. The molecule has 0 saturated carbocycles. The summed E-state index contributed by atoms with van der Waals surface area (Å²) in [6.07, 6.45) is 0. The number of hydrogen-bond donors (Lipinski definition) is 0. The van der Waals surface area contributed by atoms with E-state index in [1.165, 1.54) is 0 Å². The molecule has 0 atom stereocenters. The molecule has 0 unspecified atom stereocenters. The lowest BCUT2D eigenvalue weighted by molar-refractivity contribution is 0.473. The third-order valence-electron chi connectivity index (χ3n) is 4.84. The van der Waals surface area contributed by atoms with Gasteiger partial charge in [0.1, 0.15) is 0 Å². The van der Waals surface area contributed by atoms with Gasteiger partial charge in [-0.1, -0.05) is 30.3 Å². The fourth-order valence-corrected chi connectivity index (χ4v) is 3.49. The molecule has 0 fully saturated rings. The van der Waals surface area contributed by atoms with Gasteiger partial charge in [0.25, 0.3) is 0 Å². The maximum atomic E-state index is 4.87. The van der Waals surface area contributed by atoms with Crippen LogP contribution in [0.3, 0.4) is 0 Å². The van der Waals surface area contributed by atoms with Gasteiger partial charge in [-0.05, 0) is 50.2 Å². The first-order chi connectivity index (χ1) is 12.6. The highest BCUT2D eigenvalue weighted by molar-refractivity contribution is 5.26. The molecular weight excluding hydrogens is 322 g/mol. The van der Waals surface area contributed by atoms with Crippen LogP contribution in [0.15, 0.2) is 86.7 Å². The van der Waals surface area contributed by atoms with Crippen LogP contribution in [0.5, 0.6) is 0 Å². The van der Waals surface area contributed by atoms with Gasteiger partial charge in [0.05, 0.1) is 32.8 Å². The number of hydrogen-bond acceptors (Lipinski definition) is 5. The van der Waals surface area contributed by atoms with Crippen molar-refractivity contribution in [1.29, 1.82) is 0 Å². The molecule has 0 radical (unpaired) electrons. The molecule has 5 heteroatoms. The zero-order valence-corrected chi connectivity index (χ0v) is 14.6. The van der Waals surface area contributed by atoms with Crippen LogP contribution in [0.25, 0.3) is 0 Å². The summed E-state index contributed by atoms with van der Waals surface area (Å²) in [5, 5.41) is 3.60. The lowest BCUT2D eigenvalue weighted by Crippen LogP contribution is -2.22. The van der Waals surface area contributed by atoms with E-state index in [1.807, 2.05) is 80.6 Å². The molecular formula is C21H17N5. The summed E-state index contributed by atoms with van der Waals surface area (Å²) in [4.78, 5) is 24.0. The Morgan fingerprint density at radius 1 is 0.500 bits per heavy atom. The molecule has 26 heavy (non-hydrogen) atoms. The highest BCUT2D eigenvalue weighted by atomic mass is 15.2. The molecule has 0 saturated heterocycles. The summed E-state index contributed by atoms with van der Waals surface area (Å²) >= 11 is 0. The summed E-state index contributed by atoms with van der Waals surface area (Å²) in [6.45, 7) is 3.97.